The second kappa shape index (κ2) is 4.81. The van der Waals surface area contributed by atoms with E-state index in [4.69, 9.17) is 11.6 Å². The van der Waals surface area contributed by atoms with E-state index in [0.29, 0.717) is 5.13 Å². The molecule has 1 N–H and O–H groups in total. The Balaban J connectivity index is 2.26. The molecular formula is C11H8ClFN2OS. The first-order valence-corrected chi connectivity index (χ1v) is 5.95. The van der Waals surface area contributed by atoms with E-state index in [2.05, 4.69) is 10.3 Å². The number of halogens is 2. The lowest BCUT2D eigenvalue weighted by Gasteiger charge is -2.04. The van der Waals surface area contributed by atoms with Crippen LogP contribution in [-0.4, -0.2) is 10.9 Å². The highest BCUT2D eigenvalue weighted by Gasteiger charge is 2.16. The predicted molar refractivity (Wildman–Crippen MR) is 66.2 cm³/mol. The molecule has 6 heteroatoms. The zero-order valence-electron chi connectivity index (χ0n) is 8.83. The number of carbonyl (C=O) groups excluding carboxylic acids is 1. The van der Waals surface area contributed by atoms with Crippen molar-refractivity contribution in [1.29, 1.82) is 0 Å². The highest BCUT2D eigenvalue weighted by Crippen LogP contribution is 2.22. The van der Waals surface area contributed by atoms with Crippen LogP contribution >= 0.6 is 22.9 Å². The van der Waals surface area contributed by atoms with E-state index in [9.17, 15) is 9.18 Å². The Labute approximate surface area is 106 Å². The van der Waals surface area contributed by atoms with Crippen molar-refractivity contribution in [2.45, 2.75) is 6.92 Å². The molecule has 0 spiro atoms. The number of rotatable bonds is 2. The molecule has 0 aliphatic heterocycles. The van der Waals surface area contributed by atoms with Crippen molar-refractivity contribution in [3.8, 4) is 0 Å². The Hall–Kier alpha value is -1.46. The van der Waals surface area contributed by atoms with Gasteiger partial charge in [-0.05, 0) is 19.1 Å². The third kappa shape index (κ3) is 2.62. The number of amides is 1. The standard InChI is InChI=1S/C11H8ClFN2OS/c1-6-5-14-11(17-6)15-10(16)9-7(12)3-2-4-8(9)13/h2-5H,1H3,(H,14,15,16). The van der Waals surface area contributed by atoms with Crippen LogP contribution in [0.25, 0.3) is 0 Å². The van der Waals surface area contributed by atoms with Gasteiger partial charge in [0.05, 0.1) is 10.6 Å². The van der Waals surface area contributed by atoms with Gasteiger partial charge in [0.15, 0.2) is 5.13 Å². The molecule has 0 unspecified atom stereocenters. The molecule has 1 heterocycles. The fraction of sp³-hybridized carbons (Fsp3) is 0.0909. The van der Waals surface area contributed by atoms with Gasteiger partial charge < -0.3 is 0 Å². The Morgan fingerprint density at radius 1 is 1.53 bits per heavy atom. The van der Waals surface area contributed by atoms with Crippen LogP contribution in [-0.2, 0) is 0 Å². The number of thiazole rings is 1. The Morgan fingerprint density at radius 3 is 2.88 bits per heavy atom. The minimum Gasteiger partial charge on any atom is -0.298 e. The lowest BCUT2D eigenvalue weighted by molar-refractivity contribution is 0.102. The highest BCUT2D eigenvalue weighted by atomic mass is 35.5. The lowest BCUT2D eigenvalue weighted by Crippen LogP contribution is -2.14. The van der Waals surface area contributed by atoms with Gasteiger partial charge in [0.2, 0.25) is 0 Å². The SMILES string of the molecule is Cc1cnc(NC(=O)c2c(F)cccc2Cl)s1. The number of aromatic nitrogens is 1. The van der Waals surface area contributed by atoms with E-state index >= 15 is 0 Å². The number of hydrogen-bond acceptors (Lipinski definition) is 3. The van der Waals surface area contributed by atoms with Gasteiger partial charge in [-0.15, -0.1) is 11.3 Å². The van der Waals surface area contributed by atoms with Gasteiger partial charge in [-0.1, -0.05) is 17.7 Å². The second-order valence-electron chi connectivity index (χ2n) is 3.33. The number of anilines is 1. The van der Waals surface area contributed by atoms with Crippen molar-refractivity contribution in [3.05, 3.63) is 45.7 Å². The van der Waals surface area contributed by atoms with Gasteiger partial charge in [-0.25, -0.2) is 9.37 Å². The van der Waals surface area contributed by atoms with Gasteiger partial charge in [0.25, 0.3) is 5.91 Å². The average Bonchev–Trinajstić information content (AvgIpc) is 2.63. The van der Waals surface area contributed by atoms with Crippen molar-refractivity contribution >= 4 is 34.0 Å². The van der Waals surface area contributed by atoms with E-state index in [1.165, 1.54) is 29.5 Å². The average molecular weight is 271 g/mol. The maximum Gasteiger partial charge on any atom is 0.261 e. The third-order valence-electron chi connectivity index (χ3n) is 2.03. The topological polar surface area (TPSA) is 42.0 Å². The summed E-state index contributed by atoms with van der Waals surface area (Å²) in [7, 11) is 0. The molecular weight excluding hydrogens is 263 g/mol. The number of hydrogen-bond donors (Lipinski definition) is 1. The summed E-state index contributed by atoms with van der Waals surface area (Å²) in [5, 5.41) is 3.01. The summed E-state index contributed by atoms with van der Waals surface area (Å²) in [6.07, 6.45) is 1.63. The van der Waals surface area contributed by atoms with Crippen molar-refractivity contribution < 1.29 is 9.18 Å². The monoisotopic (exact) mass is 270 g/mol. The van der Waals surface area contributed by atoms with Crippen LogP contribution in [0.3, 0.4) is 0 Å². The molecule has 1 aromatic carbocycles. The molecule has 0 aliphatic rings. The minimum absolute atomic E-state index is 0.0794. The molecule has 17 heavy (non-hydrogen) atoms. The first-order valence-electron chi connectivity index (χ1n) is 4.75. The maximum absolute atomic E-state index is 13.4. The molecule has 88 valence electrons. The van der Waals surface area contributed by atoms with Crippen LogP contribution in [0.4, 0.5) is 9.52 Å². The molecule has 0 saturated heterocycles. The number of nitrogens with zero attached hydrogens (tertiary/aromatic N) is 1. The van der Waals surface area contributed by atoms with Crippen molar-refractivity contribution in [2.24, 2.45) is 0 Å². The van der Waals surface area contributed by atoms with E-state index in [1.807, 2.05) is 6.92 Å². The van der Waals surface area contributed by atoms with Gasteiger partial charge in [-0.3, -0.25) is 10.1 Å². The molecule has 2 rings (SSSR count). The predicted octanol–water partition coefficient (Wildman–Crippen LogP) is 3.50. The van der Waals surface area contributed by atoms with E-state index < -0.39 is 11.7 Å². The Kier molecular flexibility index (Phi) is 3.40. The molecule has 0 bridgehead atoms. The third-order valence-corrected chi connectivity index (χ3v) is 3.17. The fourth-order valence-electron chi connectivity index (χ4n) is 1.29. The summed E-state index contributed by atoms with van der Waals surface area (Å²) >= 11 is 7.09. The van der Waals surface area contributed by atoms with Crippen LogP contribution in [0.1, 0.15) is 15.2 Å². The minimum atomic E-state index is -0.650. The molecule has 0 fully saturated rings. The van der Waals surface area contributed by atoms with E-state index in [0.717, 1.165) is 4.88 Å². The summed E-state index contributed by atoms with van der Waals surface area (Å²) in [5.41, 5.74) is -0.165. The summed E-state index contributed by atoms with van der Waals surface area (Å²) in [6.45, 7) is 1.86. The van der Waals surface area contributed by atoms with Gasteiger partial charge in [0, 0.05) is 11.1 Å². The van der Waals surface area contributed by atoms with Crippen molar-refractivity contribution in [1.82, 2.24) is 4.98 Å². The summed E-state index contributed by atoms with van der Waals surface area (Å²) in [5.74, 6) is -1.24. The van der Waals surface area contributed by atoms with Gasteiger partial charge in [-0.2, -0.15) is 0 Å². The Bertz CT molecular complexity index is 550. The number of benzene rings is 1. The summed E-state index contributed by atoms with van der Waals surface area (Å²) in [4.78, 5) is 16.7. The van der Waals surface area contributed by atoms with Crippen LogP contribution in [0, 0.1) is 12.7 Å². The number of aryl methyl sites for hydroxylation is 1. The molecule has 3 nitrogen and oxygen atoms in total. The van der Waals surface area contributed by atoms with Crippen LogP contribution in [0.15, 0.2) is 24.4 Å². The number of nitrogens with one attached hydrogen (secondary N) is 1. The van der Waals surface area contributed by atoms with Crippen molar-refractivity contribution in [3.63, 3.8) is 0 Å². The first-order chi connectivity index (χ1) is 8.08. The quantitative estimate of drug-likeness (QED) is 0.907. The maximum atomic E-state index is 13.4. The molecule has 1 aromatic heterocycles. The lowest BCUT2D eigenvalue weighted by atomic mass is 10.2. The molecule has 0 aliphatic carbocycles. The summed E-state index contributed by atoms with van der Waals surface area (Å²) < 4.78 is 13.4. The first kappa shape index (κ1) is 12.0. The molecule has 0 atom stereocenters. The Morgan fingerprint density at radius 2 is 2.29 bits per heavy atom. The largest absolute Gasteiger partial charge is 0.298 e. The normalized spacial score (nSPS) is 10.3. The van der Waals surface area contributed by atoms with Crippen LogP contribution in [0.5, 0.6) is 0 Å². The smallest absolute Gasteiger partial charge is 0.261 e. The van der Waals surface area contributed by atoms with Gasteiger partial charge in [0.1, 0.15) is 5.82 Å². The summed E-state index contributed by atoms with van der Waals surface area (Å²) in [6, 6.07) is 4.10. The van der Waals surface area contributed by atoms with E-state index in [1.54, 1.807) is 6.20 Å². The zero-order chi connectivity index (χ0) is 12.4. The van der Waals surface area contributed by atoms with Crippen LogP contribution < -0.4 is 5.32 Å². The molecule has 0 radical (unpaired) electrons. The van der Waals surface area contributed by atoms with Crippen LogP contribution in [0.2, 0.25) is 5.02 Å². The zero-order valence-corrected chi connectivity index (χ0v) is 10.4. The molecule has 1 amide bonds. The van der Waals surface area contributed by atoms with Crippen molar-refractivity contribution in [2.75, 3.05) is 5.32 Å². The second-order valence-corrected chi connectivity index (χ2v) is 4.97. The molecule has 2 aromatic rings. The number of carbonyl (C=O) groups is 1. The molecule has 0 saturated carbocycles. The van der Waals surface area contributed by atoms with Gasteiger partial charge >= 0.3 is 0 Å². The fourth-order valence-corrected chi connectivity index (χ4v) is 2.20. The highest BCUT2D eigenvalue weighted by molar-refractivity contribution is 7.15. The van der Waals surface area contributed by atoms with E-state index in [-0.39, 0.29) is 10.6 Å².